The summed E-state index contributed by atoms with van der Waals surface area (Å²) in [6, 6.07) is 15.0. The molecule has 7 nitrogen and oxygen atoms in total. The second-order valence-electron chi connectivity index (χ2n) is 9.68. The van der Waals surface area contributed by atoms with Crippen LogP contribution in [0.4, 0.5) is 4.79 Å². The number of hydrogen-bond donors (Lipinski definition) is 3. The van der Waals surface area contributed by atoms with Crippen molar-refractivity contribution in [2.75, 3.05) is 6.61 Å². The van der Waals surface area contributed by atoms with E-state index in [4.69, 9.17) is 4.74 Å². The third-order valence-electron chi connectivity index (χ3n) is 7.70. The smallest absolute Gasteiger partial charge is 0.407 e. The van der Waals surface area contributed by atoms with Gasteiger partial charge < -0.3 is 20.5 Å². The molecule has 2 amide bonds. The van der Waals surface area contributed by atoms with Gasteiger partial charge in [-0.05, 0) is 46.9 Å². The first kappa shape index (κ1) is 22.4. The van der Waals surface area contributed by atoms with Crippen LogP contribution in [0.15, 0.2) is 48.5 Å². The van der Waals surface area contributed by atoms with Crippen LogP contribution >= 0.6 is 0 Å². The Labute approximate surface area is 198 Å². The summed E-state index contributed by atoms with van der Waals surface area (Å²) in [6.45, 7) is 0.105. The maximum absolute atomic E-state index is 12.8. The number of benzene rings is 2. The lowest BCUT2D eigenvalue weighted by atomic mass is 9.62. The van der Waals surface area contributed by atoms with Gasteiger partial charge in [-0.2, -0.15) is 0 Å². The number of carboxylic acid groups (broad SMARTS) is 1. The minimum absolute atomic E-state index is 0.0680. The van der Waals surface area contributed by atoms with E-state index in [2.05, 4.69) is 22.8 Å². The van der Waals surface area contributed by atoms with Crippen LogP contribution < -0.4 is 10.6 Å². The topological polar surface area (TPSA) is 105 Å². The Bertz CT molecular complexity index is 1050. The summed E-state index contributed by atoms with van der Waals surface area (Å²) in [5.41, 5.74) is 4.42. The van der Waals surface area contributed by atoms with Crippen LogP contribution in [0, 0.1) is 11.8 Å². The number of alkyl carbamates (subject to hydrolysis) is 1. The largest absolute Gasteiger partial charge is 0.481 e. The molecule has 3 aliphatic carbocycles. The first-order chi connectivity index (χ1) is 16.5. The van der Waals surface area contributed by atoms with Crippen molar-refractivity contribution in [3.8, 4) is 11.1 Å². The zero-order valence-corrected chi connectivity index (χ0v) is 19.0. The lowest BCUT2D eigenvalue weighted by Crippen LogP contribution is -2.58. The van der Waals surface area contributed by atoms with Gasteiger partial charge in [0.25, 0.3) is 0 Å². The Balaban J connectivity index is 1.21. The van der Waals surface area contributed by atoms with E-state index in [-0.39, 0.29) is 18.6 Å². The molecule has 0 radical (unpaired) electrons. The van der Waals surface area contributed by atoms with Crippen molar-refractivity contribution in [2.24, 2.45) is 11.8 Å². The molecule has 0 heterocycles. The van der Waals surface area contributed by atoms with Crippen molar-refractivity contribution < 1.29 is 24.2 Å². The van der Waals surface area contributed by atoms with Crippen LogP contribution in [-0.2, 0) is 14.3 Å². The second-order valence-corrected chi connectivity index (χ2v) is 9.68. The lowest BCUT2D eigenvalue weighted by molar-refractivity contribution is -0.140. The van der Waals surface area contributed by atoms with E-state index in [1.54, 1.807) is 0 Å². The summed E-state index contributed by atoms with van der Waals surface area (Å²) in [5, 5.41) is 14.8. The Kier molecular flexibility index (Phi) is 6.26. The van der Waals surface area contributed by atoms with E-state index < -0.39 is 30.4 Å². The molecule has 5 rings (SSSR count). The number of rotatable bonds is 7. The number of carbonyl (C=O) groups excluding carboxylic acids is 2. The van der Waals surface area contributed by atoms with E-state index in [1.807, 2.05) is 36.4 Å². The molecule has 2 fully saturated rings. The maximum atomic E-state index is 12.8. The van der Waals surface area contributed by atoms with Gasteiger partial charge in [-0.3, -0.25) is 9.59 Å². The van der Waals surface area contributed by atoms with E-state index >= 15 is 0 Å². The van der Waals surface area contributed by atoms with E-state index in [0.717, 1.165) is 35.1 Å². The van der Waals surface area contributed by atoms with Crippen molar-refractivity contribution in [2.45, 2.75) is 56.5 Å². The molecule has 2 unspecified atom stereocenters. The lowest BCUT2D eigenvalue weighted by Gasteiger charge is -2.48. The molecule has 0 bridgehead atoms. The maximum Gasteiger partial charge on any atom is 0.407 e. The van der Waals surface area contributed by atoms with Crippen LogP contribution in [0.1, 0.15) is 55.6 Å². The van der Waals surface area contributed by atoms with Crippen LogP contribution in [-0.4, -0.2) is 41.8 Å². The molecule has 4 atom stereocenters. The van der Waals surface area contributed by atoms with Gasteiger partial charge >= 0.3 is 12.1 Å². The van der Waals surface area contributed by atoms with E-state index in [1.165, 1.54) is 19.3 Å². The summed E-state index contributed by atoms with van der Waals surface area (Å²) in [6.07, 6.45) is 4.37. The number of ether oxygens (including phenoxy) is 1. The second kappa shape index (κ2) is 9.49. The van der Waals surface area contributed by atoms with Gasteiger partial charge in [-0.25, -0.2) is 4.79 Å². The molecule has 0 aliphatic heterocycles. The van der Waals surface area contributed by atoms with Gasteiger partial charge in [-0.1, -0.05) is 67.8 Å². The number of amides is 2. The van der Waals surface area contributed by atoms with E-state index in [9.17, 15) is 19.5 Å². The molecule has 3 aliphatic rings. The van der Waals surface area contributed by atoms with Gasteiger partial charge in [0.1, 0.15) is 12.6 Å². The van der Waals surface area contributed by atoms with Crippen molar-refractivity contribution in [3.05, 3.63) is 59.7 Å². The van der Waals surface area contributed by atoms with E-state index in [0.29, 0.717) is 11.8 Å². The highest BCUT2D eigenvalue weighted by Crippen LogP contribution is 2.45. The molecule has 2 aromatic carbocycles. The zero-order valence-electron chi connectivity index (χ0n) is 19.0. The average molecular weight is 463 g/mol. The predicted molar refractivity (Wildman–Crippen MR) is 126 cm³/mol. The number of aliphatic carboxylic acids is 1. The molecule has 2 aromatic rings. The number of carboxylic acids is 1. The first-order valence-electron chi connectivity index (χ1n) is 12.1. The van der Waals surface area contributed by atoms with Gasteiger partial charge in [0, 0.05) is 12.0 Å². The molecule has 0 saturated heterocycles. The molecule has 7 heteroatoms. The molecular weight excluding hydrogens is 432 g/mol. The fourth-order valence-electron chi connectivity index (χ4n) is 5.98. The number of nitrogens with one attached hydrogen (secondary N) is 2. The number of fused-ring (bicyclic) bond motifs is 4. The highest BCUT2D eigenvalue weighted by molar-refractivity contribution is 5.89. The quantitative estimate of drug-likeness (QED) is 0.576. The van der Waals surface area contributed by atoms with Crippen molar-refractivity contribution in [1.82, 2.24) is 10.6 Å². The predicted octanol–water partition coefficient (Wildman–Crippen LogP) is 4.06. The minimum Gasteiger partial charge on any atom is -0.481 e. The molecule has 0 aromatic heterocycles. The van der Waals surface area contributed by atoms with Crippen LogP contribution in [0.5, 0.6) is 0 Å². The Morgan fingerprint density at radius 3 is 2.26 bits per heavy atom. The van der Waals surface area contributed by atoms with Crippen molar-refractivity contribution in [1.29, 1.82) is 0 Å². The van der Waals surface area contributed by atoms with Crippen LogP contribution in [0.3, 0.4) is 0 Å². The number of carbonyl (C=O) groups is 3. The van der Waals surface area contributed by atoms with Gasteiger partial charge in [0.15, 0.2) is 0 Å². The molecule has 34 heavy (non-hydrogen) atoms. The average Bonchev–Trinajstić information content (AvgIpc) is 3.14. The monoisotopic (exact) mass is 462 g/mol. The molecule has 178 valence electrons. The van der Waals surface area contributed by atoms with Gasteiger partial charge in [-0.15, -0.1) is 0 Å². The van der Waals surface area contributed by atoms with Gasteiger partial charge in [0.2, 0.25) is 5.91 Å². The molecule has 0 spiro atoms. The first-order valence-corrected chi connectivity index (χ1v) is 12.1. The summed E-state index contributed by atoms with van der Waals surface area (Å²) >= 11 is 0. The highest BCUT2D eigenvalue weighted by atomic mass is 16.5. The Morgan fingerprint density at radius 1 is 0.971 bits per heavy atom. The van der Waals surface area contributed by atoms with Crippen LogP contribution in [0.2, 0.25) is 0 Å². The Hall–Kier alpha value is -3.35. The molecule has 3 N–H and O–H groups in total. The summed E-state index contributed by atoms with van der Waals surface area (Å²) in [5.74, 6) is -0.582. The highest BCUT2D eigenvalue weighted by Gasteiger charge is 2.43. The fraction of sp³-hybridized carbons (Fsp3) is 0.444. The summed E-state index contributed by atoms with van der Waals surface area (Å²) in [4.78, 5) is 36.8. The summed E-state index contributed by atoms with van der Waals surface area (Å²) in [7, 11) is 0. The third kappa shape index (κ3) is 4.39. The Morgan fingerprint density at radius 2 is 1.62 bits per heavy atom. The SMILES string of the molecule is O=C(O)CC(NC(=O)OCC1c2ccccc2-c2ccccc21)C(=O)NC1C[C@@H]2CCCC[C@H]12. The van der Waals surface area contributed by atoms with Gasteiger partial charge in [0.05, 0.1) is 6.42 Å². The normalized spacial score (nSPS) is 23.5. The van der Waals surface area contributed by atoms with Crippen LogP contribution in [0.25, 0.3) is 11.1 Å². The fourth-order valence-corrected chi connectivity index (χ4v) is 5.98. The zero-order chi connectivity index (χ0) is 23.7. The minimum atomic E-state index is -1.17. The number of hydrogen-bond acceptors (Lipinski definition) is 4. The third-order valence-corrected chi connectivity index (χ3v) is 7.70. The summed E-state index contributed by atoms with van der Waals surface area (Å²) < 4.78 is 5.51. The standard InChI is InChI=1S/C27H30N2O5/c30-25(31)14-24(26(32)28-23-13-16-7-1-2-8-17(16)23)29-27(33)34-15-22-20-11-5-3-9-18(20)19-10-4-6-12-21(19)22/h3-6,9-12,16-17,22-24H,1-2,7-8,13-15H2,(H,28,32)(H,29,33)(H,30,31)/t16-,17-,23?,24?/m0/s1. The molecular formula is C27H30N2O5. The van der Waals surface area contributed by atoms with Crippen molar-refractivity contribution in [3.63, 3.8) is 0 Å². The van der Waals surface area contributed by atoms with Crippen molar-refractivity contribution >= 4 is 18.0 Å². The molecule has 2 saturated carbocycles.